The van der Waals surface area contributed by atoms with Crippen molar-refractivity contribution in [1.82, 2.24) is 10.2 Å². The van der Waals surface area contributed by atoms with Crippen LogP contribution < -0.4 is 16.8 Å². The third kappa shape index (κ3) is 9.32. The Labute approximate surface area is 120 Å². The number of hydrogen-bond acceptors (Lipinski definition) is 4. The molecule has 0 fully saturated rings. The summed E-state index contributed by atoms with van der Waals surface area (Å²) >= 11 is 0. The van der Waals surface area contributed by atoms with Gasteiger partial charge in [-0.2, -0.15) is 0 Å². The quantitative estimate of drug-likeness (QED) is 0.283. The fraction of sp³-hybridized carbons (Fsp3) is 0.769. The van der Waals surface area contributed by atoms with E-state index < -0.39 is 0 Å². The van der Waals surface area contributed by atoms with Gasteiger partial charge < -0.3 is 21.7 Å². The lowest BCUT2D eigenvalue weighted by Gasteiger charge is -2.25. The Balaban J connectivity index is 4.14. The van der Waals surface area contributed by atoms with Gasteiger partial charge in [-0.15, -0.1) is 0 Å². The number of carbonyl (C=O) groups is 2. The number of likely N-dealkylation sites (N-methyl/N-ethyl adjacent to an activating group) is 1. The van der Waals surface area contributed by atoms with Crippen LogP contribution in [0.4, 0.5) is 0 Å². The van der Waals surface area contributed by atoms with Crippen molar-refractivity contribution in [2.75, 3.05) is 26.7 Å². The maximum absolute atomic E-state index is 11.5. The first-order valence-electron chi connectivity index (χ1n) is 6.84. The number of nitrogens with two attached hydrogens (primary N) is 2. The minimum absolute atomic E-state index is 0.0113. The molecule has 20 heavy (non-hydrogen) atoms. The number of nitrogens with one attached hydrogen (secondary N) is 1. The zero-order valence-electron chi connectivity index (χ0n) is 12.7. The normalized spacial score (nSPS) is 11.8. The minimum Gasteiger partial charge on any atom is -0.370 e. The molecule has 1 unspecified atom stereocenters. The number of guanidine groups is 1. The van der Waals surface area contributed by atoms with E-state index in [-0.39, 0.29) is 30.2 Å². The highest BCUT2D eigenvalue weighted by Gasteiger charge is 2.16. The smallest absolute Gasteiger partial charge is 0.219 e. The number of hydrogen-bond donors (Lipinski definition) is 3. The molecule has 5 N–H and O–H groups in total. The predicted octanol–water partition coefficient (Wildman–Crippen LogP) is -0.544. The van der Waals surface area contributed by atoms with E-state index in [2.05, 4.69) is 10.3 Å². The van der Waals surface area contributed by atoms with Crippen molar-refractivity contribution < 1.29 is 9.59 Å². The number of Topliss-reactive ketones (excluding diaryl/α,β-unsaturated/α-hetero) is 1. The topological polar surface area (TPSA) is 114 Å². The van der Waals surface area contributed by atoms with Gasteiger partial charge in [0.15, 0.2) is 5.96 Å². The van der Waals surface area contributed by atoms with E-state index in [4.69, 9.17) is 11.5 Å². The van der Waals surface area contributed by atoms with E-state index in [0.717, 1.165) is 19.3 Å². The highest BCUT2D eigenvalue weighted by molar-refractivity contribution is 5.83. The fourth-order valence-corrected chi connectivity index (χ4v) is 1.88. The molecule has 0 rings (SSSR count). The van der Waals surface area contributed by atoms with E-state index in [9.17, 15) is 9.59 Å². The summed E-state index contributed by atoms with van der Waals surface area (Å²) in [5, 5.41) is 3.17. The fourth-order valence-electron chi connectivity index (χ4n) is 1.88. The molecule has 0 aliphatic heterocycles. The molecule has 0 saturated carbocycles. The highest BCUT2D eigenvalue weighted by Crippen LogP contribution is 2.04. The summed E-state index contributed by atoms with van der Waals surface area (Å²) in [5.74, 6) is 0.0168. The number of ketones is 1. The van der Waals surface area contributed by atoms with Crippen LogP contribution in [0.15, 0.2) is 4.99 Å². The Bertz CT molecular complexity index is 340. The molecule has 0 spiro atoms. The van der Waals surface area contributed by atoms with E-state index in [1.165, 1.54) is 13.8 Å². The van der Waals surface area contributed by atoms with Crippen LogP contribution in [0.5, 0.6) is 0 Å². The summed E-state index contributed by atoms with van der Waals surface area (Å²) in [6.07, 6.45) is 2.75. The van der Waals surface area contributed by atoms with Crippen molar-refractivity contribution in [2.45, 2.75) is 39.2 Å². The number of carbonyl (C=O) groups excluding carboxylic acids is 2. The van der Waals surface area contributed by atoms with Crippen LogP contribution in [0.3, 0.4) is 0 Å². The van der Waals surface area contributed by atoms with Crippen LogP contribution in [-0.4, -0.2) is 55.3 Å². The zero-order valence-corrected chi connectivity index (χ0v) is 12.7. The summed E-state index contributed by atoms with van der Waals surface area (Å²) in [6.45, 7) is 4.28. The van der Waals surface area contributed by atoms with Gasteiger partial charge in [0.05, 0.1) is 6.54 Å². The van der Waals surface area contributed by atoms with Crippen LogP contribution in [0, 0.1) is 0 Å². The number of aliphatic imine (C=N–C) groups is 1. The van der Waals surface area contributed by atoms with E-state index in [0.29, 0.717) is 13.1 Å². The van der Waals surface area contributed by atoms with Gasteiger partial charge in [-0.1, -0.05) is 0 Å². The molecular formula is C13H27N5O2. The van der Waals surface area contributed by atoms with Crippen molar-refractivity contribution in [3.05, 3.63) is 0 Å². The van der Waals surface area contributed by atoms with E-state index in [1.54, 1.807) is 4.90 Å². The first-order chi connectivity index (χ1) is 9.36. The van der Waals surface area contributed by atoms with Gasteiger partial charge in [0, 0.05) is 26.1 Å². The first-order valence-corrected chi connectivity index (χ1v) is 6.84. The van der Waals surface area contributed by atoms with E-state index in [1.807, 2.05) is 7.05 Å². The van der Waals surface area contributed by atoms with Crippen LogP contribution in [0.2, 0.25) is 0 Å². The van der Waals surface area contributed by atoms with Crippen LogP contribution in [0.25, 0.3) is 0 Å². The Morgan fingerprint density at radius 1 is 1.25 bits per heavy atom. The molecule has 0 aliphatic rings. The molecule has 0 radical (unpaired) electrons. The van der Waals surface area contributed by atoms with Gasteiger partial charge >= 0.3 is 0 Å². The SMILES string of the molecule is CNC(CCCCN=C(N)N)CN(CC(C)=O)C(C)=O. The summed E-state index contributed by atoms with van der Waals surface area (Å²) in [4.78, 5) is 28.1. The second-order valence-corrected chi connectivity index (χ2v) is 4.89. The monoisotopic (exact) mass is 285 g/mol. The summed E-state index contributed by atoms with van der Waals surface area (Å²) in [6, 6.07) is 0.164. The van der Waals surface area contributed by atoms with Crippen molar-refractivity contribution >= 4 is 17.6 Å². The molecule has 0 aliphatic carbocycles. The average molecular weight is 285 g/mol. The van der Waals surface area contributed by atoms with Gasteiger partial charge in [-0.3, -0.25) is 14.6 Å². The van der Waals surface area contributed by atoms with Crippen LogP contribution in [0.1, 0.15) is 33.1 Å². The third-order valence-corrected chi connectivity index (χ3v) is 2.96. The first kappa shape index (κ1) is 18.4. The maximum atomic E-state index is 11.5. The molecule has 0 aromatic carbocycles. The van der Waals surface area contributed by atoms with Crippen molar-refractivity contribution in [1.29, 1.82) is 0 Å². The minimum atomic E-state index is -0.0824. The Kier molecular flexibility index (Phi) is 9.36. The number of amides is 1. The van der Waals surface area contributed by atoms with Crippen LogP contribution >= 0.6 is 0 Å². The number of nitrogens with zero attached hydrogens (tertiary/aromatic N) is 2. The average Bonchev–Trinajstić information content (AvgIpc) is 2.34. The lowest BCUT2D eigenvalue weighted by Crippen LogP contribution is -2.43. The van der Waals surface area contributed by atoms with Crippen molar-refractivity contribution in [2.24, 2.45) is 16.5 Å². The van der Waals surface area contributed by atoms with Gasteiger partial charge in [0.25, 0.3) is 0 Å². The van der Waals surface area contributed by atoms with Gasteiger partial charge in [-0.25, -0.2) is 0 Å². The lowest BCUT2D eigenvalue weighted by atomic mass is 10.1. The standard InChI is InChI=1S/C13H27N5O2/c1-10(19)8-18(11(2)20)9-12(16-3)6-4-5-7-17-13(14)15/h12,16H,4-9H2,1-3H3,(H4,14,15,17). The molecule has 1 atom stereocenters. The Hall–Kier alpha value is -1.63. The third-order valence-electron chi connectivity index (χ3n) is 2.96. The summed E-state index contributed by atoms with van der Waals surface area (Å²) in [7, 11) is 1.85. The second-order valence-electron chi connectivity index (χ2n) is 4.89. The molecule has 0 saturated heterocycles. The molecule has 0 heterocycles. The zero-order chi connectivity index (χ0) is 15.5. The van der Waals surface area contributed by atoms with Crippen molar-refractivity contribution in [3.8, 4) is 0 Å². The number of unbranched alkanes of at least 4 members (excludes halogenated alkanes) is 1. The highest BCUT2D eigenvalue weighted by atomic mass is 16.2. The molecular weight excluding hydrogens is 258 g/mol. The molecule has 7 heteroatoms. The molecule has 1 amide bonds. The molecule has 0 aromatic heterocycles. The summed E-state index contributed by atoms with van der Waals surface area (Å²) in [5.41, 5.74) is 10.5. The predicted molar refractivity (Wildman–Crippen MR) is 80.3 cm³/mol. The second kappa shape index (κ2) is 10.2. The lowest BCUT2D eigenvalue weighted by molar-refractivity contribution is -0.133. The molecule has 0 aromatic rings. The number of rotatable bonds is 10. The molecule has 116 valence electrons. The maximum Gasteiger partial charge on any atom is 0.219 e. The van der Waals surface area contributed by atoms with Gasteiger partial charge in [-0.05, 0) is 33.2 Å². The Morgan fingerprint density at radius 2 is 1.90 bits per heavy atom. The van der Waals surface area contributed by atoms with Gasteiger partial charge in [0.2, 0.25) is 5.91 Å². The Morgan fingerprint density at radius 3 is 2.35 bits per heavy atom. The molecule has 0 bridgehead atoms. The van der Waals surface area contributed by atoms with Crippen molar-refractivity contribution in [3.63, 3.8) is 0 Å². The van der Waals surface area contributed by atoms with E-state index >= 15 is 0 Å². The largest absolute Gasteiger partial charge is 0.370 e. The van der Waals surface area contributed by atoms with Gasteiger partial charge in [0.1, 0.15) is 5.78 Å². The van der Waals surface area contributed by atoms with Crippen LogP contribution in [-0.2, 0) is 9.59 Å². The molecule has 7 nitrogen and oxygen atoms in total. The summed E-state index contributed by atoms with van der Waals surface area (Å²) < 4.78 is 0.